The molecule has 25 heavy (non-hydrogen) atoms. The van der Waals surface area contributed by atoms with Gasteiger partial charge in [0, 0.05) is 5.56 Å². The SMILES string of the molecule is CC1(C)OC[C@H]2Oc3c4c(c5c(c3[Si](C)(C)C)CCC5)CO[C@H]4[C@@H]2O1. The molecule has 1 aliphatic carbocycles. The minimum absolute atomic E-state index is 0.00655. The first-order chi connectivity index (χ1) is 11.8. The summed E-state index contributed by atoms with van der Waals surface area (Å²) in [4.78, 5) is 0. The lowest BCUT2D eigenvalue weighted by Crippen LogP contribution is -2.56. The predicted molar refractivity (Wildman–Crippen MR) is 98.3 cm³/mol. The van der Waals surface area contributed by atoms with Crippen LogP contribution in [0.1, 0.15) is 48.6 Å². The van der Waals surface area contributed by atoms with Crippen molar-refractivity contribution < 1.29 is 18.9 Å². The van der Waals surface area contributed by atoms with E-state index in [9.17, 15) is 0 Å². The Morgan fingerprint density at radius 3 is 2.56 bits per heavy atom. The predicted octanol–water partition coefficient (Wildman–Crippen LogP) is 3.20. The third kappa shape index (κ3) is 2.29. The van der Waals surface area contributed by atoms with Crippen LogP contribution in [0.5, 0.6) is 5.75 Å². The number of rotatable bonds is 1. The first-order valence-electron chi connectivity index (χ1n) is 9.57. The Morgan fingerprint density at radius 2 is 1.80 bits per heavy atom. The molecule has 0 unspecified atom stereocenters. The zero-order chi connectivity index (χ0) is 17.6. The standard InChI is InChI=1S/C20H28O4Si/c1-20(2)22-10-14-16(24-20)17-15-13(9-21-17)11-7-6-8-12(11)19(18(15)23-14)25(3,4)5/h14,16-17H,6-10H2,1-5H3/t14-,16-,17-/m1/s1. The quantitative estimate of drug-likeness (QED) is 0.721. The van der Waals surface area contributed by atoms with E-state index >= 15 is 0 Å². The summed E-state index contributed by atoms with van der Waals surface area (Å²) in [5, 5.41) is 1.53. The van der Waals surface area contributed by atoms with E-state index in [1.54, 1.807) is 11.1 Å². The molecule has 3 atom stereocenters. The van der Waals surface area contributed by atoms with Crippen molar-refractivity contribution in [2.24, 2.45) is 0 Å². The van der Waals surface area contributed by atoms with Crippen LogP contribution in [-0.2, 0) is 33.7 Å². The molecule has 0 spiro atoms. The third-order valence-corrected chi connectivity index (χ3v) is 8.10. The van der Waals surface area contributed by atoms with Gasteiger partial charge in [-0.1, -0.05) is 19.6 Å². The highest BCUT2D eigenvalue weighted by atomic mass is 28.3. The molecule has 1 fully saturated rings. The van der Waals surface area contributed by atoms with Crippen molar-refractivity contribution in [2.45, 2.75) is 83.5 Å². The number of benzene rings is 1. The van der Waals surface area contributed by atoms with E-state index < -0.39 is 13.9 Å². The molecule has 5 rings (SSSR count). The summed E-state index contributed by atoms with van der Waals surface area (Å²) in [5.41, 5.74) is 5.85. The lowest BCUT2D eigenvalue weighted by Gasteiger charge is -2.46. The molecule has 0 N–H and O–H groups in total. The minimum atomic E-state index is -1.54. The van der Waals surface area contributed by atoms with Gasteiger partial charge in [-0.2, -0.15) is 0 Å². The molecule has 3 heterocycles. The molecule has 5 heteroatoms. The highest BCUT2D eigenvalue weighted by Gasteiger charge is 2.52. The van der Waals surface area contributed by atoms with Crippen LogP contribution >= 0.6 is 0 Å². The summed E-state index contributed by atoms with van der Waals surface area (Å²) in [6.07, 6.45) is 3.48. The Bertz CT molecular complexity index is 749. The number of hydrogen-bond acceptors (Lipinski definition) is 4. The second-order valence-electron chi connectivity index (χ2n) is 9.34. The lowest BCUT2D eigenvalue weighted by molar-refractivity contribution is -0.321. The summed E-state index contributed by atoms with van der Waals surface area (Å²) in [6, 6.07) is 0. The minimum Gasteiger partial charge on any atom is -0.485 e. The van der Waals surface area contributed by atoms with E-state index in [4.69, 9.17) is 18.9 Å². The Hall–Kier alpha value is -0.883. The van der Waals surface area contributed by atoms with Gasteiger partial charge in [0.15, 0.2) is 11.9 Å². The van der Waals surface area contributed by atoms with Gasteiger partial charge >= 0.3 is 0 Å². The second-order valence-corrected chi connectivity index (χ2v) is 14.3. The van der Waals surface area contributed by atoms with Crippen LogP contribution in [0.4, 0.5) is 0 Å². The molecule has 0 radical (unpaired) electrons. The highest BCUT2D eigenvalue weighted by Crippen LogP contribution is 2.50. The number of ether oxygens (including phenoxy) is 4. The summed E-state index contributed by atoms with van der Waals surface area (Å²) < 4.78 is 25.1. The molecule has 1 saturated heterocycles. The van der Waals surface area contributed by atoms with Crippen LogP contribution in [0.3, 0.4) is 0 Å². The number of hydrogen-bond donors (Lipinski definition) is 0. The Balaban J connectivity index is 1.72. The Labute approximate surface area is 150 Å². The van der Waals surface area contributed by atoms with Gasteiger partial charge in [-0.25, -0.2) is 0 Å². The Morgan fingerprint density at radius 1 is 1.04 bits per heavy atom. The van der Waals surface area contributed by atoms with Gasteiger partial charge in [0.1, 0.15) is 18.0 Å². The van der Waals surface area contributed by atoms with Gasteiger partial charge in [-0.05, 0) is 55.0 Å². The third-order valence-electron chi connectivity index (χ3n) is 6.07. The van der Waals surface area contributed by atoms with Gasteiger partial charge in [-0.3, -0.25) is 0 Å². The average molecular weight is 361 g/mol. The first-order valence-corrected chi connectivity index (χ1v) is 13.1. The maximum absolute atomic E-state index is 6.61. The van der Waals surface area contributed by atoms with Crippen molar-refractivity contribution in [3.05, 3.63) is 22.3 Å². The summed E-state index contributed by atoms with van der Waals surface area (Å²) in [7, 11) is -1.54. The van der Waals surface area contributed by atoms with Crippen LogP contribution in [0.2, 0.25) is 19.6 Å². The van der Waals surface area contributed by atoms with Crippen molar-refractivity contribution in [3.8, 4) is 5.75 Å². The van der Waals surface area contributed by atoms with Crippen LogP contribution in [0.25, 0.3) is 0 Å². The van der Waals surface area contributed by atoms with Crippen LogP contribution < -0.4 is 9.92 Å². The topological polar surface area (TPSA) is 36.9 Å². The highest BCUT2D eigenvalue weighted by molar-refractivity contribution is 6.89. The van der Waals surface area contributed by atoms with Crippen molar-refractivity contribution >= 4 is 13.3 Å². The monoisotopic (exact) mass is 360 g/mol. The number of fused-ring (bicyclic) bond motifs is 4. The zero-order valence-corrected chi connectivity index (χ0v) is 16.9. The average Bonchev–Trinajstić information content (AvgIpc) is 3.13. The van der Waals surface area contributed by atoms with Crippen molar-refractivity contribution in [1.82, 2.24) is 0 Å². The van der Waals surface area contributed by atoms with Crippen LogP contribution in [0, 0.1) is 0 Å². The molecule has 0 saturated carbocycles. The molecule has 0 aromatic heterocycles. The van der Waals surface area contributed by atoms with E-state index in [1.807, 2.05) is 13.8 Å². The summed E-state index contributed by atoms with van der Waals surface area (Å²) in [5.74, 6) is 0.553. The summed E-state index contributed by atoms with van der Waals surface area (Å²) in [6.45, 7) is 12.5. The maximum Gasteiger partial charge on any atom is 0.163 e. The van der Waals surface area contributed by atoms with E-state index in [2.05, 4.69) is 19.6 Å². The van der Waals surface area contributed by atoms with Crippen LogP contribution in [-0.4, -0.2) is 32.7 Å². The fraction of sp³-hybridized carbons (Fsp3) is 0.700. The molecule has 4 nitrogen and oxygen atoms in total. The molecule has 1 aromatic rings. The van der Waals surface area contributed by atoms with Crippen molar-refractivity contribution in [1.29, 1.82) is 0 Å². The molecule has 0 bridgehead atoms. The molecule has 136 valence electrons. The second kappa shape index (κ2) is 5.09. The van der Waals surface area contributed by atoms with E-state index in [1.165, 1.54) is 35.6 Å². The molecule has 0 amide bonds. The smallest absolute Gasteiger partial charge is 0.163 e. The van der Waals surface area contributed by atoms with Gasteiger partial charge in [-0.15, -0.1) is 0 Å². The fourth-order valence-electron chi connectivity index (χ4n) is 5.15. The van der Waals surface area contributed by atoms with Crippen LogP contribution in [0.15, 0.2) is 0 Å². The summed E-state index contributed by atoms with van der Waals surface area (Å²) >= 11 is 0. The maximum atomic E-state index is 6.61. The largest absolute Gasteiger partial charge is 0.485 e. The van der Waals surface area contributed by atoms with E-state index in [0.717, 1.165) is 5.75 Å². The van der Waals surface area contributed by atoms with Gasteiger partial charge in [0.05, 0.1) is 21.3 Å². The fourth-order valence-corrected chi connectivity index (χ4v) is 7.20. The van der Waals surface area contributed by atoms with E-state index in [0.29, 0.717) is 13.2 Å². The molecule has 1 aromatic carbocycles. The normalized spacial score (nSPS) is 32.0. The Kier molecular flexibility index (Phi) is 3.32. The first kappa shape index (κ1) is 16.3. The van der Waals surface area contributed by atoms with E-state index in [-0.39, 0.29) is 18.3 Å². The van der Waals surface area contributed by atoms with Gasteiger partial charge in [0.2, 0.25) is 0 Å². The molecular weight excluding hydrogens is 332 g/mol. The molecular formula is C20H28O4Si. The van der Waals surface area contributed by atoms with Crippen molar-refractivity contribution in [3.63, 3.8) is 0 Å². The van der Waals surface area contributed by atoms with Gasteiger partial charge < -0.3 is 18.9 Å². The van der Waals surface area contributed by atoms with Crippen molar-refractivity contribution in [2.75, 3.05) is 6.61 Å². The molecule has 3 aliphatic heterocycles. The lowest BCUT2D eigenvalue weighted by atomic mass is 9.89. The van der Waals surface area contributed by atoms with Gasteiger partial charge in [0.25, 0.3) is 0 Å². The molecule has 4 aliphatic rings. The zero-order valence-electron chi connectivity index (χ0n) is 15.9.